The van der Waals surface area contributed by atoms with Crippen molar-refractivity contribution in [2.45, 2.75) is 52.5 Å². The maximum atomic E-state index is 13.8. The number of hydrogen-bond donors (Lipinski definition) is 2. The Morgan fingerprint density at radius 3 is 2.71 bits per heavy atom. The third-order valence-electron chi connectivity index (χ3n) is 4.42. The van der Waals surface area contributed by atoms with Crippen LogP contribution < -0.4 is 15.8 Å². The number of nitrogens with two attached hydrogens (primary N) is 1. The first kappa shape index (κ1) is 15.9. The van der Waals surface area contributed by atoms with Crippen molar-refractivity contribution >= 4 is 11.4 Å². The number of halogens is 1. The summed E-state index contributed by atoms with van der Waals surface area (Å²) in [6.45, 7) is 6.83. The molecule has 0 aromatic heterocycles. The molecule has 0 radical (unpaired) electrons. The SMILES string of the molecule is CCOc1cc(NC2CCCCC2C(C)C)c(N)cc1F. The number of benzene rings is 1. The van der Waals surface area contributed by atoms with Crippen molar-refractivity contribution in [1.29, 1.82) is 0 Å². The van der Waals surface area contributed by atoms with Crippen LogP contribution >= 0.6 is 0 Å². The van der Waals surface area contributed by atoms with E-state index in [9.17, 15) is 4.39 Å². The van der Waals surface area contributed by atoms with E-state index in [-0.39, 0.29) is 5.75 Å². The Kier molecular flexibility index (Phi) is 5.32. The molecule has 3 nitrogen and oxygen atoms in total. The lowest BCUT2D eigenvalue weighted by Crippen LogP contribution is -2.35. The van der Waals surface area contributed by atoms with Crippen molar-refractivity contribution in [3.05, 3.63) is 17.9 Å². The number of anilines is 2. The van der Waals surface area contributed by atoms with Gasteiger partial charge in [-0.15, -0.1) is 0 Å². The van der Waals surface area contributed by atoms with Gasteiger partial charge in [-0.3, -0.25) is 0 Å². The molecular formula is C17H27FN2O. The molecule has 0 bridgehead atoms. The van der Waals surface area contributed by atoms with Crippen LogP contribution in [0.15, 0.2) is 12.1 Å². The molecule has 118 valence electrons. The van der Waals surface area contributed by atoms with E-state index in [4.69, 9.17) is 10.5 Å². The zero-order valence-corrected chi connectivity index (χ0v) is 13.3. The minimum atomic E-state index is -0.399. The first-order chi connectivity index (χ1) is 10.0. The molecular weight excluding hydrogens is 267 g/mol. The largest absolute Gasteiger partial charge is 0.491 e. The Bertz CT molecular complexity index is 476. The number of ether oxygens (including phenoxy) is 1. The highest BCUT2D eigenvalue weighted by molar-refractivity contribution is 5.69. The Morgan fingerprint density at radius 1 is 1.33 bits per heavy atom. The lowest BCUT2D eigenvalue weighted by Gasteiger charge is -2.36. The summed E-state index contributed by atoms with van der Waals surface area (Å²) in [5.74, 6) is 1.14. The molecule has 0 amide bonds. The summed E-state index contributed by atoms with van der Waals surface area (Å²) in [6.07, 6.45) is 4.92. The quantitative estimate of drug-likeness (QED) is 0.790. The van der Waals surface area contributed by atoms with Gasteiger partial charge in [0.15, 0.2) is 11.6 Å². The fourth-order valence-corrected chi connectivity index (χ4v) is 3.30. The van der Waals surface area contributed by atoms with Crippen LogP contribution in [0.5, 0.6) is 5.75 Å². The van der Waals surface area contributed by atoms with Crippen LogP contribution in [0.2, 0.25) is 0 Å². The monoisotopic (exact) mass is 294 g/mol. The van der Waals surface area contributed by atoms with Crippen LogP contribution in [0.1, 0.15) is 46.5 Å². The first-order valence-electron chi connectivity index (χ1n) is 8.01. The molecule has 0 spiro atoms. The Labute approximate surface area is 127 Å². The van der Waals surface area contributed by atoms with Crippen LogP contribution in [0, 0.1) is 17.7 Å². The topological polar surface area (TPSA) is 47.3 Å². The lowest BCUT2D eigenvalue weighted by molar-refractivity contribution is 0.253. The maximum absolute atomic E-state index is 13.8. The Balaban J connectivity index is 2.19. The smallest absolute Gasteiger partial charge is 0.167 e. The van der Waals surface area contributed by atoms with Crippen molar-refractivity contribution in [3.63, 3.8) is 0 Å². The third kappa shape index (κ3) is 3.80. The van der Waals surface area contributed by atoms with E-state index in [0.29, 0.717) is 30.2 Å². The molecule has 0 heterocycles. The highest BCUT2D eigenvalue weighted by atomic mass is 19.1. The number of nitrogens with one attached hydrogen (secondary N) is 1. The molecule has 3 N–H and O–H groups in total. The van der Waals surface area contributed by atoms with E-state index in [0.717, 1.165) is 12.1 Å². The molecule has 1 saturated carbocycles. The van der Waals surface area contributed by atoms with Crippen molar-refractivity contribution in [3.8, 4) is 5.75 Å². The number of hydrogen-bond acceptors (Lipinski definition) is 3. The summed E-state index contributed by atoms with van der Waals surface area (Å²) in [7, 11) is 0. The molecule has 2 atom stereocenters. The van der Waals surface area contributed by atoms with Crippen molar-refractivity contribution in [1.82, 2.24) is 0 Å². The molecule has 4 heteroatoms. The van der Waals surface area contributed by atoms with Gasteiger partial charge < -0.3 is 15.8 Å². The molecule has 2 rings (SSSR count). The van der Waals surface area contributed by atoms with Crippen LogP contribution in [0.3, 0.4) is 0 Å². The highest BCUT2D eigenvalue weighted by Gasteiger charge is 2.28. The minimum Gasteiger partial charge on any atom is -0.491 e. The second-order valence-electron chi connectivity index (χ2n) is 6.25. The normalized spacial score (nSPS) is 22.3. The van der Waals surface area contributed by atoms with Gasteiger partial charge in [0.05, 0.1) is 18.0 Å². The van der Waals surface area contributed by atoms with Gasteiger partial charge in [0.25, 0.3) is 0 Å². The van der Waals surface area contributed by atoms with Crippen molar-refractivity contribution in [2.75, 3.05) is 17.7 Å². The second kappa shape index (κ2) is 7.01. The molecule has 1 aliphatic rings. The fraction of sp³-hybridized carbons (Fsp3) is 0.647. The molecule has 0 saturated heterocycles. The average molecular weight is 294 g/mol. The van der Waals surface area contributed by atoms with Gasteiger partial charge in [-0.1, -0.05) is 26.7 Å². The highest BCUT2D eigenvalue weighted by Crippen LogP contribution is 2.35. The standard InChI is InChI=1S/C17H27FN2O/c1-4-21-17-10-16(14(19)9-13(17)18)20-15-8-6-5-7-12(15)11(2)3/h9-12,15,20H,4-8,19H2,1-3H3. The van der Waals surface area contributed by atoms with Crippen LogP contribution in [0.4, 0.5) is 15.8 Å². The second-order valence-corrected chi connectivity index (χ2v) is 6.25. The van der Waals surface area contributed by atoms with E-state index >= 15 is 0 Å². The maximum Gasteiger partial charge on any atom is 0.167 e. The van der Waals surface area contributed by atoms with Gasteiger partial charge >= 0.3 is 0 Å². The number of nitrogen functional groups attached to an aromatic ring is 1. The molecule has 2 unspecified atom stereocenters. The summed E-state index contributed by atoms with van der Waals surface area (Å²) < 4.78 is 19.1. The fourth-order valence-electron chi connectivity index (χ4n) is 3.30. The van der Waals surface area contributed by atoms with Gasteiger partial charge in [0.2, 0.25) is 0 Å². The molecule has 21 heavy (non-hydrogen) atoms. The van der Waals surface area contributed by atoms with Crippen LogP contribution in [-0.4, -0.2) is 12.6 Å². The molecule has 0 aliphatic heterocycles. The van der Waals surface area contributed by atoms with Gasteiger partial charge in [-0.25, -0.2) is 4.39 Å². The van der Waals surface area contributed by atoms with E-state index in [1.54, 1.807) is 6.07 Å². The minimum absolute atomic E-state index is 0.270. The average Bonchev–Trinajstić information content (AvgIpc) is 2.44. The lowest BCUT2D eigenvalue weighted by atomic mass is 9.77. The zero-order chi connectivity index (χ0) is 15.4. The van der Waals surface area contributed by atoms with Gasteiger partial charge in [0.1, 0.15) is 0 Å². The summed E-state index contributed by atoms with van der Waals surface area (Å²) in [6, 6.07) is 3.45. The Morgan fingerprint density at radius 2 is 2.05 bits per heavy atom. The van der Waals surface area contributed by atoms with Crippen molar-refractivity contribution in [2.24, 2.45) is 11.8 Å². The number of rotatable bonds is 5. The van der Waals surface area contributed by atoms with Crippen molar-refractivity contribution < 1.29 is 9.13 Å². The predicted octanol–water partition coefficient (Wildman–Crippen LogP) is 4.43. The molecule has 1 aromatic carbocycles. The summed E-state index contributed by atoms with van der Waals surface area (Å²) >= 11 is 0. The van der Waals surface area contributed by atoms with E-state index < -0.39 is 5.82 Å². The summed E-state index contributed by atoms with van der Waals surface area (Å²) in [5.41, 5.74) is 7.20. The molecule has 1 aromatic rings. The van der Waals surface area contributed by atoms with Gasteiger partial charge in [0, 0.05) is 18.2 Å². The van der Waals surface area contributed by atoms with E-state index in [1.807, 2.05) is 6.92 Å². The zero-order valence-electron chi connectivity index (χ0n) is 13.3. The third-order valence-corrected chi connectivity index (χ3v) is 4.42. The summed E-state index contributed by atoms with van der Waals surface area (Å²) in [4.78, 5) is 0. The van der Waals surface area contributed by atoms with Crippen LogP contribution in [0.25, 0.3) is 0 Å². The van der Waals surface area contributed by atoms with Crippen LogP contribution in [-0.2, 0) is 0 Å². The first-order valence-corrected chi connectivity index (χ1v) is 8.01. The molecule has 1 fully saturated rings. The van der Waals surface area contributed by atoms with Gasteiger partial charge in [-0.05, 0) is 31.6 Å². The van der Waals surface area contributed by atoms with E-state index in [2.05, 4.69) is 19.2 Å². The van der Waals surface area contributed by atoms with E-state index in [1.165, 1.54) is 25.3 Å². The molecule has 1 aliphatic carbocycles. The summed E-state index contributed by atoms with van der Waals surface area (Å²) in [5, 5.41) is 3.53. The Hall–Kier alpha value is -1.45. The van der Waals surface area contributed by atoms with Gasteiger partial charge in [-0.2, -0.15) is 0 Å². The predicted molar refractivity (Wildman–Crippen MR) is 86.2 cm³/mol.